The first-order valence-corrected chi connectivity index (χ1v) is 9.47. The van der Waals surface area contributed by atoms with Crippen molar-refractivity contribution in [2.75, 3.05) is 20.3 Å². The second-order valence-electron chi connectivity index (χ2n) is 6.88. The van der Waals surface area contributed by atoms with Crippen molar-refractivity contribution in [1.29, 1.82) is 0 Å². The van der Waals surface area contributed by atoms with Gasteiger partial charge in [-0.15, -0.1) is 0 Å². The molecule has 0 fully saturated rings. The highest BCUT2D eigenvalue weighted by molar-refractivity contribution is 6.31. The average molecular weight is 414 g/mol. The molecule has 2 aromatic carbocycles. The molecule has 4 rings (SSSR count). The molecule has 1 aliphatic heterocycles. The molecule has 150 valence electrons. The Morgan fingerprint density at radius 1 is 1.28 bits per heavy atom. The van der Waals surface area contributed by atoms with Gasteiger partial charge in [-0.2, -0.15) is 5.10 Å². The van der Waals surface area contributed by atoms with E-state index in [2.05, 4.69) is 10.2 Å². The van der Waals surface area contributed by atoms with E-state index in [1.54, 1.807) is 31.1 Å². The maximum absolute atomic E-state index is 13.0. The summed E-state index contributed by atoms with van der Waals surface area (Å²) < 4.78 is 5.23. The summed E-state index contributed by atoms with van der Waals surface area (Å²) in [6.45, 7) is 1.79. The zero-order valence-corrected chi connectivity index (χ0v) is 16.7. The third-order valence-corrected chi connectivity index (χ3v) is 5.58. The minimum Gasteiger partial charge on any atom is -0.507 e. The van der Waals surface area contributed by atoms with Gasteiger partial charge in [-0.25, -0.2) is 0 Å². The maximum atomic E-state index is 13.0. The van der Waals surface area contributed by atoms with Crippen LogP contribution < -0.4 is 4.74 Å². The van der Waals surface area contributed by atoms with Gasteiger partial charge < -0.3 is 19.8 Å². The van der Waals surface area contributed by atoms with E-state index >= 15 is 0 Å². The SMILES string of the molecule is COc1ccc([C@H]2c3c(-c4cc(Cl)c(C)cc4O)n[nH]c3C(=O)N2CCO)cc1. The van der Waals surface area contributed by atoms with Crippen LogP contribution in [0.15, 0.2) is 36.4 Å². The summed E-state index contributed by atoms with van der Waals surface area (Å²) in [4.78, 5) is 14.6. The highest BCUT2D eigenvalue weighted by atomic mass is 35.5. The third-order valence-electron chi connectivity index (χ3n) is 5.17. The number of carbonyl (C=O) groups is 1. The number of aromatic amines is 1. The predicted octanol–water partition coefficient (Wildman–Crippen LogP) is 3.29. The summed E-state index contributed by atoms with van der Waals surface area (Å²) in [6, 6.07) is 10.1. The third kappa shape index (κ3) is 3.12. The molecule has 0 saturated carbocycles. The lowest BCUT2D eigenvalue weighted by Crippen LogP contribution is -2.32. The number of ether oxygens (including phenoxy) is 1. The molecule has 1 aromatic heterocycles. The number of H-pyrrole nitrogens is 1. The molecule has 0 radical (unpaired) electrons. The molecule has 0 unspecified atom stereocenters. The van der Waals surface area contributed by atoms with Crippen LogP contribution in [0, 0.1) is 6.92 Å². The molecular formula is C21H20ClN3O4. The molecule has 3 aromatic rings. The van der Waals surface area contributed by atoms with E-state index in [4.69, 9.17) is 16.3 Å². The van der Waals surface area contributed by atoms with Crippen molar-refractivity contribution < 1.29 is 19.7 Å². The number of nitrogens with zero attached hydrogens (tertiary/aromatic N) is 2. The number of β-amino-alcohol motifs (C(OH)–C–C–N with tert-alkyl or cyclic N) is 1. The molecule has 0 bridgehead atoms. The van der Waals surface area contributed by atoms with Crippen LogP contribution in [0.3, 0.4) is 0 Å². The van der Waals surface area contributed by atoms with Gasteiger partial charge >= 0.3 is 0 Å². The Bertz CT molecular complexity index is 1080. The Morgan fingerprint density at radius 3 is 2.66 bits per heavy atom. The molecule has 0 spiro atoms. The number of carbonyl (C=O) groups excluding carboxylic acids is 1. The van der Waals surface area contributed by atoms with E-state index in [9.17, 15) is 15.0 Å². The predicted molar refractivity (Wildman–Crippen MR) is 108 cm³/mol. The van der Waals surface area contributed by atoms with Gasteiger partial charge in [0.1, 0.15) is 22.9 Å². The number of phenols is 1. The molecule has 1 aliphatic rings. The second kappa shape index (κ2) is 7.42. The molecule has 0 aliphatic carbocycles. The molecule has 2 heterocycles. The van der Waals surface area contributed by atoms with E-state index in [1.807, 2.05) is 24.3 Å². The van der Waals surface area contributed by atoms with Gasteiger partial charge in [0.05, 0.1) is 19.8 Å². The topological polar surface area (TPSA) is 98.7 Å². The van der Waals surface area contributed by atoms with Crippen molar-refractivity contribution in [2.24, 2.45) is 0 Å². The highest BCUT2D eigenvalue weighted by Gasteiger charge is 2.42. The summed E-state index contributed by atoms with van der Waals surface area (Å²) in [6.07, 6.45) is 0. The lowest BCUT2D eigenvalue weighted by atomic mass is 9.95. The van der Waals surface area contributed by atoms with Gasteiger partial charge in [-0.1, -0.05) is 23.7 Å². The highest BCUT2D eigenvalue weighted by Crippen LogP contribution is 2.45. The fourth-order valence-corrected chi connectivity index (χ4v) is 3.89. The lowest BCUT2D eigenvalue weighted by molar-refractivity contribution is 0.0706. The van der Waals surface area contributed by atoms with Gasteiger partial charge in [0, 0.05) is 22.7 Å². The molecule has 3 N–H and O–H groups in total. The number of halogens is 1. The van der Waals surface area contributed by atoms with Crippen molar-refractivity contribution in [3.63, 3.8) is 0 Å². The van der Waals surface area contributed by atoms with Crippen molar-refractivity contribution >= 4 is 17.5 Å². The Hall–Kier alpha value is -3.03. The molecule has 1 atom stereocenters. The number of aliphatic hydroxyl groups excluding tert-OH is 1. The number of hydrogen-bond donors (Lipinski definition) is 3. The van der Waals surface area contributed by atoms with Crippen LogP contribution in [0.1, 0.15) is 33.2 Å². The van der Waals surface area contributed by atoms with Crippen LogP contribution in [0.2, 0.25) is 5.02 Å². The fraction of sp³-hybridized carbons (Fsp3) is 0.238. The van der Waals surface area contributed by atoms with Crippen LogP contribution >= 0.6 is 11.6 Å². The summed E-state index contributed by atoms with van der Waals surface area (Å²) in [5.41, 5.74) is 3.45. The number of methoxy groups -OCH3 is 1. The number of phenolic OH excluding ortho intramolecular Hbond substituents is 1. The normalized spacial score (nSPS) is 15.7. The molecular weight excluding hydrogens is 394 g/mol. The average Bonchev–Trinajstić information content (AvgIpc) is 3.25. The van der Waals surface area contributed by atoms with Crippen molar-refractivity contribution in [3.05, 3.63) is 63.8 Å². The van der Waals surface area contributed by atoms with Crippen molar-refractivity contribution in [1.82, 2.24) is 15.1 Å². The first-order chi connectivity index (χ1) is 14.0. The zero-order valence-electron chi connectivity index (χ0n) is 15.9. The Balaban J connectivity index is 1.90. The summed E-state index contributed by atoms with van der Waals surface area (Å²) >= 11 is 6.27. The number of aliphatic hydroxyl groups is 1. The van der Waals surface area contributed by atoms with E-state index in [0.717, 1.165) is 11.1 Å². The number of benzene rings is 2. The molecule has 8 heteroatoms. The number of nitrogens with one attached hydrogen (secondary N) is 1. The van der Waals surface area contributed by atoms with E-state index < -0.39 is 6.04 Å². The number of hydrogen-bond acceptors (Lipinski definition) is 5. The number of aryl methyl sites for hydroxylation is 1. The maximum Gasteiger partial charge on any atom is 0.273 e. The minimum atomic E-state index is -0.469. The number of fused-ring (bicyclic) bond motifs is 1. The summed E-state index contributed by atoms with van der Waals surface area (Å²) in [5.74, 6) is 0.469. The van der Waals surface area contributed by atoms with Crippen LogP contribution in [0.25, 0.3) is 11.3 Å². The number of amides is 1. The van der Waals surface area contributed by atoms with Crippen LogP contribution in [0.5, 0.6) is 11.5 Å². The van der Waals surface area contributed by atoms with Gasteiger partial charge in [0.15, 0.2) is 0 Å². The van der Waals surface area contributed by atoms with Crippen LogP contribution in [-0.2, 0) is 0 Å². The van der Waals surface area contributed by atoms with E-state index in [0.29, 0.717) is 33.3 Å². The molecule has 7 nitrogen and oxygen atoms in total. The van der Waals surface area contributed by atoms with Gasteiger partial charge in [0.25, 0.3) is 5.91 Å². The molecule has 29 heavy (non-hydrogen) atoms. The fourth-order valence-electron chi connectivity index (χ4n) is 3.73. The van der Waals surface area contributed by atoms with Crippen molar-refractivity contribution in [2.45, 2.75) is 13.0 Å². The van der Waals surface area contributed by atoms with Gasteiger partial charge in [-0.3, -0.25) is 9.89 Å². The number of aromatic hydroxyl groups is 1. The standard InChI is InChI=1S/C21H20ClN3O4/c1-11-9-16(27)14(10-15(11)22)18-17-19(24-23-18)21(28)25(7-8-26)20(17)12-3-5-13(29-2)6-4-12/h3-6,9-10,20,26-27H,7-8H2,1-2H3,(H,23,24)/t20-/m0/s1. The summed E-state index contributed by atoms with van der Waals surface area (Å²) in [7, 11) is 1.59. The minimum absolute atomic E-state index is 0.0303. The van der Waals surface area contributed by atoms with Gasteiger partial charge in [-0.05, 0) is 42.3 Å². The van der Waals surface area contributed by atoms with Crippen LogP contribution in [-0.4, -0.2) is 51.5 Å². The Labute approximate surface area is 172 Å². The monoisotopic (exact) mass is 413 g/mol. The smallest absolute Gasteiger partial charge is 0.273 e. The number of rotatable bonds is 5. The molecule has 1 amide bonds. The first kappa shape index (κ1) is 19.3. The largest absolute Gasteiger partial charge is 0.507 e. The van der Waals surface area contributed by atoms with E-state index in [-0.39, 0.29) is 24.8 Å². The summed E-state index contributed by atoms with van der Waals surface area (Å²) in [5, 5.41) is 27.6. The second-order valence-corrected chi connectivity index (χ2v) is 7.28. The Kier molecular flexibility index (Phi) is 4.94. The lowest BCUT2D eigenvalue weighted by Gasteiger charge is -2.25. The van der Waals surface area contributed by atoms with Crippen LogP contribution in [0.4, 0.5) is 0 Å². The Morgan fingerprint density at radius 2 is 2.00 bits per heavy atom. The molecule has 0 saturated heterocycles. The zero-order chi connectivity index (χ0) is 20.7. The van der Waals surface area contributed by atoms with E-state index in [1.165, 1.54) is 0 Å². The quantitative estimate of drug-likeness (QED) is 0.596. The number of aromatic nitrogens is 2. The van der Waals surface area contributed by atoms with Gasteiger partial charge in [0.2, 0.25) is 0 Å². The first-order valence-electron chi connectivity index (χ1n) is 9.09. The van der Waals surface area contributed by atoms with Crippen molar-refractivity contribution in [3.8, 4) is 22.8 Å².